The van der Waals surface area contributed by atoms with Gasteiger partial charge in [0.15, 0.2) is 0 Å². The molecule has 2 N–H and O–H groups in total. The normalized spacial score (nSPS) is 23.5. The van der Waals surface area contributed by atoms with E-state index in [1.165, 1.54) is 0 Å². The van der Waals surface area contributed by atoms with Crippen molar-refractivity contribution in [3.8, 4) is 0 Å². The second-order valence-electron chi connectivity index (χ2n) is 4.40. The number of nitrogens with zero attached hydrogens (tertiary/aromatic N) is 1. The molecular formula is C13H19NO2. The van der Waals surface area contributed by atoms with E-state index < -0.39 is 6.10 Å². The van der Waals surface area contributed by atoms with Crippen molar-refractivity contribution < 1.29 is 10.2 Å². The van der Waals surface area contributed by atoms with Gasteiger partial charge >= 0.3 is 0 Å². The Balaban J connectivity index is 1.94. The minimum atomic E-state index is -0.451. The second-order valence-corrected chi connectivity index (χ2v) is 4.40. The topological polar surface area (TPSA) is 43.7 Å². The van der Waals surface area contributed by atoms with Crippen LogP contribution in [-0.4, -0.2) is 40.9 Å². The van der Waals surface area contributed by atoms with Crippen LogP contribution in [0.3, 0.4) is 0 Å². The molecule has 1 aliphatic heterocycles. The Bertz CT molecular complexity index is 315. The fraction of sp³-hybridized carbons (Fsp3) is 0.538. The molecule has 2 atom stereocenters. The molecule has 88 valence electrons. The fourth-order valence-electron chi connectivity index (χ4n) is 2.34. The molecule has 1 aromatic rings. The predicted molar refractivity (Wildman–Crippen MR) is 63.1 cm³/mol. The minimum absolute atomic E-state index is 0.196. The van der Waals surface area contributed by atoms with Gasteiger partial charge in [-0.25, -0.2) is 0 Å². The van der Waals surface area contributed by atoms with Gasteiger partial charge in [-0.1, -0.05) is 30.3 Å². The molecule has 0 amide bonds. The van der Waals surface area contributed by atoms with Crippen LogP contribution in [0.1, 0.15) is 24.5 Å². The molecule has 1 fully saturated rings. The SMILES string of the molecule is OC[C@@H]1CCCN1C[C@@H](O)c1ccccc1. The van der Waals surface area contributed by atoms with Gasteiger partial charge in [-0.2, -0.15) is 0 Å². The molecule has 0 bridgehead atoms. The Hall–Kier alpha value is -0.900. The van der Waals surface area contributed by atoms with Gasteiger partial charge in [0.2, 0.25) is 0 Å². The summed E-state index contributed by atoms with van der Waals surface area (Å²) in [4.78, 5) is 2.18. The second kappa shape index (κ2) is 5.43. The van der Waals surface area contributed by atoms with E-state index in [0.717, 1.165) is 24.9 Å². The third kappa shape index (κ3) is 2.61. The van der Waals surface area contributed by atoms with Crippen LogP contribution in [0, 0.1) is 0 Å². The zero-order valence-corrected chi connectivity index (χ0v) is 9.42. The number of aliphatic hydroxyl groups excluding tert-OH is 2. The van der Waals surface area contributed by atoms with Crippen molar-refractivity contribution in [1.82, 2.24) is 4.90 Å². The van der Waals surface area contributed by atoms with Gasteiger partial charge < -0.3 is 10.2 Å². The summed E-state index contributed by atoms with van der Waals surface area (Å²) in [5, 5.41) is 19.3. The number of hydrogen-bond acceptors (Lipinski definition) is 3. The molecular weight excluding hydrogens is 202 g/mol. The van der Waals surface area contributed by atoms with E-state index in [1.54, 1.807) is 0 Å². The summed E-state index contributed by atoms with van der Waals surface area (Å²) in [6, 6.07) is 9.93. The van der Waals surface area contributed by atoms with E-state index in [2.05, 4.69) is 4.90 Å². The molecule has 0 unspecified atom stereocenters. The molecule has 0 spiro atoms. The Morgan fingerprint density at radius 3 is 2.75 bits per heavy atom. The molecule has 1 heterocycles. The molecule has 0 aliphatic carbocycles. The van der Waals surface area contributed by atoms with Crippen LogP contribution in [0.5, 0.6) is 0 Å². The lowest BCUT2D eigenvalue weighted by Gasteiger charge is -2.25. The molecule has 0 radical (unpaired) electrons. The predicted octanol–water partition coefficient (Wildman–Crippen LogP) is 1.18. The van der Waals surface area contributed by atoms with E-state index in [9.17, 15) is 10.2 Å². The molecule has 3 nitrogen and oxygen atoms in total. The van der Waals surface area contributed by atoms with Crippen LogP contribution >= 0.6 is 0 Å². The maximum absolute atomic E-state index is 10.1. The standard InChI is InChI=1S/C13H19NO2/c15-10-12-7-4-8-14(12)9-13(16)11-5-2-1-3-6-11/h1-3,5-6,12-13,15-16H,4,7-10H2/t12-,13+/m0/s1. The Kier molecular flexibility index (Phi) is 3.93. The summed E-state index contributed by atoms with van der Waals surface area (Å²) in [7, 11) is 0. The maximum Gasteiger partial charge on any atom is 0.0917 e. The number of aliphatic hydroxyl groups is 2. The molecule has 16 heavy (non-hydrogen) atoms. The van der Waals surface area contributed by atoms with Crippen LogP contribution in [0.25, 0.3) is 0 Å². The molecule has 0 aromatic heterocycles. The summed E-state index contributed by atoms with van der Waals surface area (Å²) >= 11 is 0. The zero-order chi connectivity index (χ0) is 11.4. The average molecular weight is 221 g/mol. The smallest absolute Gasteiger partial charge is 0.0917 e. The molecule has 3 heteroatoms. The first kappa shape index (κ1) is 11.6. The van der Waals surface area contributed by atoms with Gasteiger partial charge in [-0.3, -0.25) is 4.90 Å². The van der Waals surface area contributed by atoms with Crippen molar-refractivity contribution in [2.45, 2.75) is 25.0 Å². The monoisotopic (exact) mass is 221 g/mol. The first-order valence-electron chi connectivity index (χ1n) is 5.89. The molecule has 2 rings (SSSR count). The summed E-state index contributed by atoms with van der Waals surface area (Å²) in [6.07, 6.45) is 1.71. The van der Waals surface area contributed by atoms with Crippen LogP contribution < -0.4 is 0 Å². The van der Waals surface area contributed by atoms with Gasteiger partial charge in [-0.05, 0) is 24.9 Å². The van der Waals surface area contributed by atoms with E-state index in [-0.39, 0.29) is 12.6 Å². The van der Waals surface area contributed by atoms with Gasteiger partial charge in [0.05, 0.1) is 12.7 Å². The van der Waals surface area contributed by atoms with Crippen LogP contribution in [0.2, 0.25) is 0 Å². The van der Waals surface area contributed by atoms with Gasteiger partial charge in [0.1, 0.15) is 0 Å². The average Bonchev–Trinajstić information content (AvgIpc) is 2.77. The van der Waals surface area contributed by atoms with Gasteiger partial charge in [-0.15, -0.1) is 0 Å². The Morgan fingerprint density at radius 1 is 1.31 bits per heavy atom. The molecule has 1 saturated heterocycles. The molecule has 1 aromatic carbocycles. The summed E-state index contributed by atoms with van der Waals surface area (Å²) in [5.74, 6) is 0. The zero-order valence-electron chi connectivity index (χ0n) is 9.42. The van der Waals surface area contributed by atoms with Crippen LogP contribution in [0.4, 0.5) is 0 Å². The van der Waals surface area contributed by atoms with Crippen molar-refractivity contribution >= 4 is 0 Å². The quantitative estimate of drug-likeness (QED) is 0.802. The number of hydrogen-bond donors (Lipinski definition) is 2. The minimum Gasteiger partial charge on any atom is -0.395 e. The Morgan fingerprint density at radius 2 is 2.06 bits per heavy atom. The Labute approximate surface area is 96.3 Å². The van der Waals surface area contributed by atoms with Crippen LogP contribution in [-0.2, 0) is 0 Å². The molecule has 1 aliphatic rings. The third-order valence-electron chi connectivity index (χ3n) is 3.30. The van der Waals surface area contributed by atoms with E-state index in [4.69, 9.17) is 0 Å². The van der Waals surface area contributed by atoms with Crippen LogP contribution in [0.15, 0.2) is 30.3 Å². The molecule has 0 saturated carbocycles. The summed E-state index contributed by atoms with van der Waals surface area (Å²) in [5.41, 5.74) is 0.950. The van der Waals surface area contributed by atoms with Gasteiger partial charge in [0.25, 0.3) is 0 Å². The van der Waals surface area contributed by atoms with E-state index in [1.807, 2.05) is 30.3 Å². The highest BCUT2D eigenvalue weighted by molar-refractivity contribution is 5.17. The first-order chi connectivity index (χ1) is 7.81. The summed E-state index contributed by atoms with van der Waals surface area (Å²) < 4.78 is 0. The highest BCUT2D eigenvalue weighted by Gasteiger charge is 2.25. The van der Waals surface area contributed by atoms with Crippen molar-refractivity contribution in [3.05, 3.63) is 35.9 Å². The van der Waals surface area contributed by atoms with Gasteiger partial charge in [0, 0.05) is 12.6 Å². The van der Waals surface area contributed by atoms with Crippen molar-refractivity contribution in [2.75, 3.05) is 19.7 Å². The number of β-amino-alcohol motifs (C(OH)–C–C–N with tert-alkyl or cyclic N) is 1. The highest BCUT2D eigenvalue weighted by atomic mass is 16.3. The maximum atomic E-state index is 10.1. The fourth-order valence-corrected chi connectivity index (χ4v) is 2.34. The number of likely N-dealkylation sites (tertiary alicyclic amines) is 1. The van der Waals surface area contributed by atoms with Crippen molar-refractivity contribution in [2.24, 2.45) is 0 Å². The lowest BCUT2D eigenvalue weighted by atomic mass is 10.1. The number of rotatable bonds is 4. The highest BCUT2D eigenvalue weighted by Crippen LogP contribution is 2.21. The third-order valence-corrected chi connectivity index (χ3v) is 3.30. The number of benzene rings is 1. The lowest BCUT2D eigenvalue weighted by molar-refractivity contribution is 0.0850. The summed E-state index contributed by atoms with van der Waals surface area (Å²) in [6.45, 7) is 1.80. The van der Waals surface area contributed by atoms with E-state index in [0.29, 0.717) is 6.54 Å². The lowest BCUT2D eigenvalue weighted by Crippen LogP contribution is -2.35. The van der Waals surface area contributed by atoms with E-state index >= 15 is 0 Å². The van der Waals surface area contributed by atoms with Crippen molar-refractivity contribution in [3.63, 3.8) is 0 Å². The first-order valence-corrected chi connectivity index (χ1v) is 5.89. The van der Waals surface area contributed by atoms with Crippen molar-refractivity contribution in [1.29, 1.82) is 0 Å². The largest absolute Gasteiger partial charge is 0.395 e.